The fourth-order valence-electron chi connectivity index (χ4n) is 1.17. The fraction of sp³-hybridized carbons (Fsp3) is 1.00. The van der Waals surface area contributed by atoms with E-state index in [1.807, 2.05) is 0 Å². The van der Waals surface area contributed by atoms with Crippen molar-refractivity contribution >= 4 is 0 Å². The van der Waals surface area contributed by atoms with Crippen LogP contribution in [-0.4, -0.2) is 35.7 Å². The number of aliphatic hydroxyl groups is 1. The van der Waals surface area contributed by atoms with Gasteiger partial charge in [0, 0.05) is 6.04 Å². The fourth-order valence-corrected chi connectivity index (χ4v) is 1.17. The maximum Gasteiger partial charge on any atom is 0.0584 e. The van der Waals surface area contributed by atoms with Crippen LogP contribution >= 0.6 is 0 Å². The lowest BCUT2D eigenvalue weighted by Gasteiger charge is -2.25. The van der Waals surface area contributed by atoms with Crippen LogP contribution in [0.4, 0.5) is 0 Å². The van der Waals surface area contributed by atoms with Crippen LogP contribution in [0.5, 0.6) is 0 Å². The molecule has 2 nitrogen and oxygen atoms in total. The van der Waals surface area contributed by atoms with E-state index in [4.69, 9.17) is 5.11 Å². The topological polar surface area (TPSA) is 23.5 Å². The van der Waals surface area contributed by atoms with Crippen molar-refractivity contribution in [2.45, 2.75) is 39.7 Å². The van der Waals surface area contributed by atoms with Crippen molar-refractivity contribution in [3.63, 3.8) is 0 Å². The molecule has 0 bridgehead atoms. The highest BCUT2D eigenvalue weighted by molar-refractivity contribution is 4.63. The second-order valence-corrected chi connectivity index (χ2v) is 3.01. The Morgan fingerprint density at radius 1 is 1.36 bits per heavy atom. The molecule has 0 saturated carbocycles. The average molecular weight is 159 g/mol. The number of nitrogens with zero attached hydrogens (tertiary/aromatic N) is 1. The van der Waals surface area contributed by atoms with Crippen LogP contribution < -0.4 is 0 Å². The lowest BCUT2D eigenvalue weighted by Crippen LogP contribution is -2.36. The lowest BCUT2D eigenvalue weighted by molar-refractivity contribution is 0.138. The minimum atomic E-state index is 0.275. The SMILES string of the molecule is CCCCN(CC)C(C)CO. The molecule has 0 aliphatic heterocycles. The summed E-state index contributed by atoms with van der Waals surface area (Å²) in [5.74, 6) is 0. The maximum absolute atomic E-state index is 8.89. The molecular weight excluding hydrogens is 138 g/mol. The van der Waals surface area contributed by atoms with E-state index in [-0.39, 0.29) is 6.61 Å². The predicted octanol–water partition coefficient (Wildman–Crippen LogP) is 1.49. The van der Waals surface area contributed by atoms with Crippen molar-refractivity contribution in [1.82, 2.24) is 4.90 Å². The minimum absolute atomic E-state index is 0.275. The van der Waals surface area contributed by atoms with Crippen molar-refractivity contribution in [1.29, 1.82) is 0 Å². The summed E-state index contributed by atoms with van der Waals surface area (Å²) in [5, 5.41) is 8.89. The molecule has 0 aromatic heterocycles. The van der Waals surface area contributed by atoms with Gasteiger partial charge in [0.2, 0.25) is 0 Å². The molecule has 2 heteroatoms. The highest BCUT2D eigenvalue weighted by atomic mass is 16.3. The molecule has 0 aliphatic rings. The van der Waals surface area contributed by atoms with E-state index < -0.39 is 0 Å². The molecular formula is C9H21NO. The van der Waals surface area contributed by atoms with Crippen LogP contribution in [-0.2, 0) is 0 Å². The molecule has 0 aromatic rings. The van der Waals surface area contributed by atoms with Crippen LogP contribution in [0.2, 0.25) is 0 Å². The molecule has 0 heterocycles. The van der Waals surface area contributed by atoms with E-state index >= 15 is 0 Å². The summed E-state index contributed by atoms with van der Waals surface area (Å²) in [6.45, 7) is 8.84. The zero-order valence-electron chi connectivity index (χ0n) is 8.01. The molecule has 68 valence electrons. The Hall–Kier alpha value is -0.0800. The number of hydrogen-bond donors (Lipinski definition) is 1. The van der Waals surface area contributed by atoms with Crippen LogP contribution in [0.1, 0.15) is 33.6 Å². The number of likely N-dealkylation sites (N-methyl/N-ethyl adjacent to an activating group) is 1. The highest BCUT2D eigenvalue weighted by Crippen LogP contribution is 2.00. The molecule has 1 N–H and O–H groups in total. The quantitative estimate of drug-likeness (QED) is 0.634. The molecule has 1 atom stereocenters. The standard InChI is InChI=1S/C9H21NO/c1-4-6-7-10(5-2)9(3)8-11/h9,11H,4-8H2,1-3H3. The van der Waals surface area contributed by atoms with Gasteiger partial charge < -0.3 is 5.11 Å². The summed E-state index contributed by atoms with van der Waals surface area (Å²) in [5.41, 5.74) is 0. The summed E-state index contributed by atoms with van der Waals surface area (Å²) in [6, 6.07) is 0.326. The minimum Gasteiger partial charge on any atom is -0.395 e. The van der Waals surface area contributed by atoms with Gasteiger partial charge in [0.05, 0.1) is 6.61 Å². The van der Waals surface area contributed by atoms with Gasteiger partial charge in [-0.05, 0) is 26.4 Å². The van der Waals surface area contributed by atoms with Gasteiger partial charge in [-0.1, -0.05) is 20.3 Å². The van der Waals surface area contributed by atoms with Crippen molar-refractivity contribution in [3.8, 4) is 0 Å². The molecule has 0 radical (unpaired) electrons. The largest absolute Gasteiger partial charge is 0.395 e. The Bertz CT molecular complexity index is 85.6. The highest BCUT2D eigenvalue weighted by Gasteiger charge is 2.08. The number of aliphatic hydroxyl groups excluding tert-OH is 1. The first-order chi connectivity index (χ1) is 5.26. The Labute approximate surface area is 70.2 Å². The summed E-state index contributed by atoms with van der Waals surface area (Å²) in [7, 11) is 0. The van der Waals surface area contributed by atoms with Crippen LogP contribution in [0, 0.1) is 0 Å². The summed E-state index contributed by atoms with van der Waals surface area (Å²) in [4.78, 5) is 2.31. The molecule has 1 unspecified atom stereocenters. The number of hydrogen-bond acceptors (Lipinski definition) is 2. The van der Waals surface area contributed by atoms with Gasteiger partial charge in [-0.15, -0.1) is 0 Å². The van der Waals surface area contributed by atoms with Crippen molar-refractivity contribution in [3.05, 3.63) is 0 Å². The Kier molecular flexibility index (Phi) is 6.57. The smallest absolute Gasteiger partial charge is 0.0584 e. The van der Waals surface area contributed by atoms with Crippen molar-refractivity contribution in [2.75, 3.05) is 19.7 Å². The summed E-state index contributed by atoms with van der Waals surface area (Å²) >= 11 is 0. The number of unbranched alkanes of at least 4 members (excludes halogenated alkanes) is 1. The third-order valence-electron chi connectivity index (χ3n) is 2.09. The van der Waals surface area contributed by atoms with Crippen LogP contribution in [0.3, 0.4) is 0 Å². The molecule has 11 heavy (non-hydrogen) atoms. The summed E-state index contributed by atoms with van der Waals surface area (Å²) < 4.78 is 0. The third kappa shape index (κ3) is 4.38. The first-order valence-electron chi connectivity index (χ1n) is 4.61. The van der Waals surface area contributed by atoms with Gasteiger partial charge >= 0.3 is 0 Å². The second kappa shape index (κ2) is 6.62. The molecule has 0 aliphatic carbocycles. The van der Waals surface area contributed by atoms with E-state index in [9.17, 15) is 0 Å². The van der Waals surface area contributed by atoms with Gasteiger partial charge in [0.15, 0.2) is 0 Å². The zero-order valence-corrected chi connectivity index (χ0v) is 8.01. The molecule has 0 fully saturated rings. The Morgan fingerprint density at radius 3 is 2.36 bits per heavy atom. The van der Waals surface area contributed by atoms with Gasteiger partial charge in [0.1, 0.15) is 0 Å². The zero-order chi connectivity index (χ0) is 8.69. The van der Waals surface area contributed by atoms with E-state index in [0.717, 1.165) is 13.1 Å². The Balaban J connectivity index is 3.56. The van der Waals surface area contributed by atoms with Crippen molar-refractivity contribution < 1.29 is 5.11 Å². The van der Waals surface area contributed by atoms with E-state index in [1.54, 1.807) is 0 Å². The molecule has 0 saturated heterocycles. The monoisotopic (exact) mass is 159 g/mol. The Morgan fingerprint density at radius 2 is 2.00 bits per heavy atom. The maximum atomic E-state index is 8.89. The van der Waals surface area contributed by atoms with Gasteiger partial charge in [0.25, 0.3) is 0 Å². The van der Waals surface area contributed by atoms with E-state index in [0.29, 0.717) is 6.04 Å². The number of rotatable bonds is 6. The van der Waals surface area contributed by atoms with E-state index in [2.05, 4.69) is 25.7 Å². The second-order valence-electron chi connectivity index (χ2n) is 3.01. The lowest BCUT2D eigenvalue weighted by atomic mass is 10.2. The van der Waals surface area contributed by atoms with E-state index in [1.165, 1.54) is 12.8 Å². The van der Waals surface area contributed by atoms with Crippen LogP contribution in [0.25, 0.3) is 0 Å². The average Bonchev–Trinajstić information content (AvgIpc) is 2.05. The molecule has 0 rings (SSSR count). The first-order valence-corrected chi connectivity index (χ1v) is 4.61. The molecule has 0 aromatic carbocycles. The van der Waals surface area contributed by atoms with Gasteiger partial charge in [-0.2, -0.15) is 0 Å². The first kappa shape index (κ1) is 10.9. The third-order valence-corrected chi connectivity index (χ3v) is 2.09. The van der Waals surface area contributed by atoms with Crippen LogP contribution in [0.15, 0.2) is 0 Å². The predicted molar refractivity (Wildman–Crippen MR) is 48.7 cm³/mol. The van der Waals surface area contributed by atoms with Gasteiger partial charge in [-0.25, -0.2) is 0 Å². The van der Waals surface area contributed by atoms with Crippen molar-refractivity contribution in [2.24, 2.45) is 0 Å². The summed E-state index contributed by atoms with van der Waals surface area (Å²) in [6.07, 6.45) is 2.47. The van der Waals surface area contributed by atoms with Gasteiger partial charge in [-0.3, -0.25) is 4.90 Å². The molecule has 0 spiro atoms. The normalized spacial score (nSPS) is 13.9. The molecule has 0 amide bonds.